The topological polar surface area (TPSA) is 46.2 Å². The van der Waals surface area contributed by atoms with Crippen molar-refractivity contribution in [2.75, 3.05) is 33.0 Å². The van der Waals surface area contributed by atoms with E-state index >= 15 is 0 Å². The van der Waals surface area contributed by atoms with Crippen molar-refractivity contribution in [3.8, 4) is 51.0 Å². The van der Waals surface area contributed by atoms with E-state index in [4.69, 9.17) is 23.7 Å². The summed E-state index contributed by atoms with van der Waals surface area (Å²) in [7, 11) is 0. The maximum Gasteiger partial charge on any atom is 0.201 e. The Labute approximate surface area is 795 Å². The summed E-state index contributed by atoms with van der Waals surface area (Å²) in [6, 6.07) is 32.1. The molecule has 0 bridgehead atoms. The third kappa shape index (κ3) is 29.9. The van der Waals surface area contributed by atoms with Gasteiger partial charge in [-0.05, 0) is 377 Å². The lowest BCUT2D eigenvalue weighted by atomic mass is 9.68. The smallest absolute Gasteiger partial charge is 0.201 e. The van der Waals surface area contributed by atoms with E-state index < -0.39 is 58.2 Å². The molecule has 5 nitrogen and oxygen atoms in total. The van der Waals surface area contributed by atoms with Gasteiger partial charge in [0.1, 0.15) is 0 Å². The number of unbranched alkanes of at least 4 members (excludes halogenated alkanes) is 3. The zero-order chi connectivity index (χ0) is 94.7. The van der Waals surface area contributed by atoms with Gasteiger partial charge in [-0.15, -0.1) is 0 Å². The second kappa shape index (κ2) is 55.4. The van der Waals surface area contributed by atoms with Crippen molar-refractivity contribution in [1.82, 2.24) is 0 Å². The standard InChI is InChI=1S/C25H38F2O.2C24H36F2O.C23H28F2O.C22H26F2O/c1-3-5-6-7-18-8-10-19(11-9-18)20-12-14-21(15-13-20)22-16-17-23(28-4-2)25(27)24(22)26;1-3-5-17-6-8-18(9-7-17)19-10-12-20(13-11-19)21-14-15-22(27-16-4-2)24(26)23(21)25;1-3-5-6-17-7-9-18(10-8-17)19-11-13-20(14-12-19)21-15-16-22(27-4-2)24(26)23(21)25;1-3-5-16-6-8-17(9-7-16)18-10-12-19(13-11-18)20-14-15-21(26-4-2)23(25)22(20)24;1-3-15-5-7-16(8-6-15)17-9-11-18(12-10-17)19-13-14-20(25-4-2)22(24)21(19)23/h16-21H,3-15H2,1-2H3;14-15,17-20H,3-13,16H2,1-2H3;15-20H,3-14H2,1-2H3;10-17H,3-9H2,1-2H3;9-16H,3-8H2,1-2H3. The van der Waals surface area contributed by atoms with Crippen molar-refractivity contribution >= 4 is 0 Å². The molecule has 7 aromatic rings. The Hall–Kier alpha value is -7.16. The van der Waals surface area contributed by atoms with Crippen LogP contribution in [0.25, 0.3) is 22.3 Å². The number of rotatable bonds is 33. The number of benzene rings is 7. The second-order valence-electron chi connectivity index (χ2n) is 40.9. The van der Waals surface area contributed by atoms with Crippen molar-refractivity contribution in [3.05, 3.63) is 195 Å². The molecule has 15 heteroatoms. The van der Waals surface area contributed by atoms with Crippen molar-refractivity contribution in [1.29, 1.82) is 0 Å². The second-order valence-corrected chi connectivity index (χ2v) is 40.9. The molecule has 0 atom stereocenters. The monoisotopic (exact) mass is 1850 g/mol. The third-order valence-electron chi connectivity index (χ3n) is 32.5. The Morgan fingerprint density at radius 2 is 0.466 bits per heavy atom. The largest absolute Gasteiger partial charge is 0.491 e. The molecule has 0 aliphatic heterocycles. The molecule has 736 valence electrons. The van der Waals surface area contributed by atoms with Gasteiger partial charge in [0.2, 0.25) is 29.1 Å². The maximum absolute atomic E-state index is 14.6. The van der Waals surface area contributed by atoms with Crippen LogP contribution in [0, 0.1) is 123 Å². The Morgan fingerprint density at radius 3 is 0.752 bits per heavy atom. The molecule has 8 aliphatic carbocycles. The minimum Gasteiger partial charge on any atom is -0.491 e. The molecule has 8 fully saturated rings. The van der Waals surface area contributed by atoms with Gasteiger partial charge in [-0.3, -0.25) is 0 Å². The van der Waals surface area contributed by atoms with Gasteiger partial charge in [0.15, 0.2) is 57.8 Å². The molecule has 0 unspecified atom stereocenters. The minimum atomic E-state index is -0.915. The molecule has 0 N–H and O–H groups in total. The van der Waals surface area contributed by atoms with Crippen LogP contribution in [0.3, 0.4) is 0 Å². The molecule has 8 aliphatic rings. The fraction of sp³-hybridized carbons (Fsp3) is 0.644. The van der Waals surface area contributed by atoms with Gasteiger partial charge in [-0.1, -0.05) is 224 Å². The highest BCUT2D eigenvalue weighted by Gasteiger charge is 2.38. The van der Waals surface area contributed by atoms with Gasteiger partial charge in [-0.2, -0.15) is 22.0 Å². The van der Waals surface area contributed by atoms with Crippen LogP contribution in [0.2, 0.25) is 0 Å². The van der Waals surface area contributed by atoms with Gasteiger partial charge in [0, 0.05) is 11.1 Å². The predicted molar refractivity (Wildman–Crippen MR) is 527 cm³/mol. The lowest BCUT2D eigenvalue weighted by Crippen LogP contribution is -2.25. The van der Waals surface area contributed by atoms with Gasteiger partial charge in [0.05, 0.1) is 33.0 Å². The first-order valence-corrected chi connectivity index (χ1v) is 53.4. The molecule has 8 saturated carbocycles. The summed E-state index contributed by atoms with van der Waals surface area (Å²) in [5, 5.41) is 0. The summed E-state index contributed by atoms with van der Waals surface area (Å²) in [4.78, 5) is 0. The van der Waals surface area contributed by atoms with Crippen LogP contribution < -0.4 is 23.7 Å². The molecule has 0 saturated heterocycles. The third-order valence-corrected chi connectivity index (χ3v) is 32.5. The first-order valence-electron chi connectivity index (χ1n) is 53.4. The maximum atomic E-state index is 14.6. The van der Waals surface area contributed by atoms with Crippen LogP contribution in [0.1, 0.15) is 416 Å². The summed E-state index contributed by atoms with van der Waals surface area (Å²) < 4.78 is 169. The molecule has 133 heavy (non-hydrogen) atoms. The molecule has 15 rings (SSSR count). The number of halogens is 10. The Balaban J connectivity index is 0.000000160. The molecule has 7 aromatic carbocycles. The highest BCUT2D eigenvalue weighted by atomic mass is 19.2. The number of hydrogen-bond acceptors (Lipinski definition) is 5. The average molecular weight is 1850 g/mol. The molecule has 0 spiro atoms. The van der Waals surface area contributed by atoms with E-state index in [1.165, 1.54) is 267 Å². The van der Waals surface area contributed by atoms with E-state index in [1.54, 1.807) is 76.2 Å². The lowest BCUT2D eigenvalue weighted by molar-refractivity contribution is 0.155. The molecule has 0 radical (unpaired) electrons. The highest BCUT2D eigenvalue weighted by Crippen LogP contribution is 2.51. The van der Waals surface area contributed by atoms with Gasteiger partial charge >= 0.3 is 0 Å². The highest BCUT2D eigenvalue weighted by molar-refractivity contribution is 5.67. The minimum absolute atomic E-state index is 0.0331. The fourth-order valence-electron chi connectivity index (χ4n) is 24.6. The molecule has 0 heterocycles. The van der Waals surface area contributed by atoms with E-state index in [2.05, 4.69) is 58.9 Å². The van der Waals surface area contributed by atoms with Gasteiger partial charge in [0.25, 0.3) is 0 Å². The molecule has 0 amide bonds. The fourth-order valence-corrected chi connectivity index (χ4v) is 24.6. The number of ether oxygens (including phenoxy) is 5. The Kier molecular flexibility index (Phi) is 44.3. The van der Waals surface area contributed by atoms with Gasteiger partial charge in [-0.25, -0.2) is 22.0 Å². The first kappa shape index (κ1) is 106. The quantitative estimate of drug-likeness (QED) is 0.0303. The zero-order valence-corrected chi connectivity index (χ0v) is 82.8. The van der Waals surface area contributed by atoms with Crippen molar-refractivity contribution in [2.24, 2.45) is 65.1 Å². The van der Waals surface area contributed by atoms with Crippen LogP contribution in [0.4, 0.5) is 43.9 Å². The normalized spacial score (nSPS) is 25.5. The van der Waals surface area contributed by atoms with E-state index in [0.29, 0.717) is 72.7 Å². The molecule has 0 aromatic heterocycles. The van der Waals surface area contributed by atoms with Crippen molar-refractivity contribution in [2.45, 2.75) is 388 Å². The summed E-state index contributed by atoms with van der Waals surface area (Å²) in [5.41, 5.74) is 6.25. The SMILES string of the molecule is CCCC1CCC(c2ccc(-c3ccc(OCC)c(F)c3F)cc2)CC1.CCCCC1CCC(C2CCC(c3ccc(OCC)c(F)c3F)CC2)CC1.CCCCCC1CCC(C2CCC(c3ccc(OCC)c(F)c3F)CC2)CC1.CCCOc1ccc(C2CCC(C3CCC(CCC)CC3)CC2)c(F)c1F.CCOc1ccc(-c2ccc(C3CCC(CC)CC3)cc2)c(F)c1F. The summed E-state index contributed by atoms with van der Waals surface area (Å²) in [6.07, 6.45) is 56.8. The van der Waals surface area contributed by atoms with E-state index in [9.17, 15) is 43.9 Å². The van der Waals surface area contributed by atoms with Crippen LogP contribution in [0.5, 0.6) is 28.7 Å². The summed E-state index contributed by atoms with van der Waals surface area (Å²) in [5.74, 6) is 3.30. The van der Waals surface area contributed by atoms with Gasteiger partial charge < -0.3 is 23.7 Å². The van der Waals surface area contributed by atoms with Crippen molar-refractivity contribution in [3.63, 3.8) is 0 Å². The number of hydrogen-bond donors (Lipinski definition) is 0. The van der Waals surface area contributed by atoms with Crippen LogP contribution >= 0.6 is 0 Å². The summed E-state index contributed by atoms with van der Waals surface area (Å²) in [6.45, 7) is 22.1. The van der Waals surface area contributed by atoms with Crippen LogP contribution in [0.15, 0.2) is 109 Å². The van der Waals surface area contributed by atoms with Crippen LogP contribution in [-0.4, -0.2) is 33.0 Å². The average Bonchev–Trinajstić information content (AvgIpc) is 0.818. The summed E-state index contributed by atoms with van der Waals surface area (Å²) >= 11 is 0. The van der Waals surface area contributed by atoms with E-state index in [0.717, 1.165) is 110 Å². The first-order chi connectivity index (χ1) is 64.7. The van der Waals surface area contributed by atoms with Crippen LogP contribution in [-0.2, 0) is 0 Å². The van der Waals surface area contributed by atoms with E-state index in [-0.39, 0.29) is 57.6 Å². The molecular formula is C118H164F10O5. The Bertz CT molecular complexity index is 4510. The molecular weight excluding hydrogens is 1690 g/mol. The van der Waals surface area contributed by atoms with E-state index in [1.807, 2.05) is 31.2 Å². The predicted octanol–water partition coefficient (Wildman–Crippen LogP) is 37.1. The van der Waals surface area contributed by atoms with Crippen molar-refractivity contribution < 1.29 is 67.6 Å². The Morgan fingerprint density at radius 1 is 0.211 bits per heavy atom. The lowest BCUT2D eigenvalue weighted by Gasteiger charge is -2.38. The zero-order valence-electron chi connectivity index (χ0n) is 82.8.